The highest BCUT2D eigenvalue weighted by atomic mass is 16.5. The molecule has 0 aromatic rings. The summed E-state index contributed by atoms with van der Waals surface area (Å²) in [4.78, 5) is 15.3. The fourth-order valence-corrected chi connectivity index (χ4v) is 4.35. The monoisotopic (exact) mass is 317 g/mol. The molecule has 0 N–H and O–H groups in total. The molecular formula is C20H31NO2. The van der Waals surface area contributed by atoms with Crippen LogP contribution in [0.2, 0.25) is 0 Å². The molecule has 0 amide bonds. The molecule has 0 spiro atoms. The number of esters is 1. The van der Waals surface area contributed by atoms with Gasteiger partial charge in [-0.15, -0.1) is 0 Å². The largest absolute Gasteiger partial charge is 0.464 e. The number of ether oxygens (including phenoxy) is 1. The van der Waals surface area contributed by atoms with Gasteiger partial charge in [0.25, 0.3) is 0 Å². The Labute approximate surface area is 140 Å². The van der Waals surface area contributed by atoms with E-state index in [0.717, 1.165) is 38.8 Å². The molecule has 0 aromatic heterocycles. The molecule has 0 radical (unpaired) electrons. The van der Waals surface area contributed by atoms with Gasteiger partial charge in [0, 0.05) is 6.04 Å². The summed E-state index contributed by atoms with van der Waals surface area (Å²) in [5.41, 5.74) is 0. The molecule has 1 aliphatic heterocycles. The number of allylic oxidation sites excluding steroid dienone is 4. The Balaban J connectivity index is 1.59. The predicted octanol–water partition coefficient (Wildman–Crippen LogP) is 3.95. The molecule has 1 saturated heterocycles. The van der Waals surface area contributed by atoms with Crippen LogP contribution in [0.1, 0.15) is 51.9 Å². The number of nitrogens with zero attached hydrogens (tertiary/aromatic N) is 1. The maximum atomic E-state index is 12.8. The third-order valence-corrected chi connectivity index (χ3v) is 5.77. The molecular weight excluding hydrogens is 286 g/mol. The van der Waals surface area contributed by atoms with Crippen molar-refractivity contribution >= 4 is 5.97 Å². The Morgan fingerprint density at radius 1 is 1.09 bits per heavy atom. The fraction of sp³-hybridized carbons (Fsp3) is 0.750. The van der Waals surface area contributed by atoms with Crippen molar-refractivity contribution in [1.82, 2.24) is 4.90 Å². The first-order chi connectivity index (χ1) is 11.3. The number of carbonyl (C=O) groups excluding carboxylic acids is 1. The van der Waals surface area contributed by atoms with Gasteiger partial charge in [-0.2, -0.15) is 0 Å². The van der Waals surface area contributed by atoms with Crippen LogP contribution in [0.5, 0.6) is 0 Å². The lowest BCUT2D eigenvalue weighted by molar-refractivity contribution is -0.153. The van der Waals surface area contributed by atoms with Gasteiger partial charge < -0.3 is 4.74 Å². The van der Waals surface area contributed by atoms with Crippen LogP contribution in [-0.4, -0.2) is 36.6 Å². The number of hydrogen-bond donors (Lipinski definition) is 0. The van der Waals surface area contributed by atoms with Crippen molar-refractivity contribution in [3.05, 3.63) is 24.3 Å². The van der Waals surface area contributed by atoms with E-state index in [0.29, 0.717) is 24.5 Å². The maximum Gasteiger partial charge on any atom is 0.310 e. The summed E-state index contributed by atoms with van der Waals surface area (Å²) in [6.07, 6.45) is 17.2. The second-order valence-electron chi connectivity index (χ2n) is 7.44. The molecule has 3 heteroatoms. The molecule has 1 fully saturated rings. The number of hydrogen-bond acceptors (Lipinski definition) is 3. The van der Waals surface area contributed by atoms with Gasteiger partial charge in [-0.25, -0.2) is 0 Å². The zero-order valence-electron chi connectivity index (χ0n) is 14.5. The van der Waals surface area contributed by atoms with E-state index in [1.54, 1.807) is 0 Å². The highest BCUT2D eigenvalue weighted by Crippen LogP contribution is 2.36. The molecule has 3 nitrogen and oxygen atoms in total. The Kier molecular flexibility index (Phi) is 5.93. The zero-order valence-corrected chi connectivity index (χ0v) is 14.5. The lowest BCUT2D eigenvalue weighted by atomic mass is 9.77. The Hall–Kier alpha value is -1.09. The predicted molar refractivity (Wildman–Crippen MR) is 93.1 cm³/mol. The maximum absolute atomic E-state index is 12.8. The van der Waals surface area contributed by atoms with Crippen LogP contribution in [-0.2, 0) is 9.53 Å². The standard InChI is InChI=1S/C20H31NO2/c1-16(21-13-7-8-14-21)15-23-20(22)19(18-11-5-6-12-18)17-9-3-2-4-10-17/h3,5,9,11,16-19H,2,4,6-8,10,12-15H2,1H3/t16-,17-,18-,19+/m0/s1. The minimum atomic E-state index is 0.0241. The van der Waals surface area contributed by atoms with Crippen LogP contribution in [0.15, 0.2) is 24.3 Å². The van der Waals surface area contributed by atoms with Gasteiger partial charge in [0.15, 0.2) is 0 Å². The molecule has 3 aliphatic rings. The van der Waals surface area contributed by atoms with Gasteiger partial charge in [0.1, 0.15) is 6.61 Å². The van der Waals surface area contributed by atoms with Crippen molar-refractivity contribution in [2.45, 2.75) is 57.9 Å². The number of carbonyl (C=O) groups is 1. The summed E-state index contributed by atoms with van der Waals surface area (Å²) in [7, 11) is 0. The fourth-order valence-electron chi connectivity index (χ4n) is 4.35. The highest BCUT2D eigenvalue weighted by Gasteiger charge is 2.36. The van der Waals surface area contributed by atoms with Gasteiger partial charge in [-0.05, 0) is 76.8 Å². The molecule has 0 bridgehead atoms. The summed E-state index contributed by atoms with van der Waals surface area (Å²) in [5.74, 6) is 0.795. The van der Waals surface area contributed by atoms with E-state index in [9.17, 15) is 4.79 Å². The second kappa shape index (κ2) is 8.14. The molecule has 23 heavy (non-hydrogen) atoms. The van der Waals surface area contributed by atoms with Gasteiger partial charge >= 0.3 is 5.97 Å². The van der Waals surface area contributed by atoms with E-state index in [4.69, 9.17) is 4.74 Å². The molecule has 128 valence electrons. The van der Waals surface area contributed by atoms with Crippen LogP contribution >= 0.6 is 0 Å². The van der Waals surface area contributed by atoms with E-state index < -0.39 is 0 Å². The van der Waals surface area contributed by atoms with Crippen LogP contribution in [0.4, 0.5) is 0 Å². The number of likely N-dealkylation sites (tertiary alicyclic amines) is 1. The van der Waals surface area contributed by atoms with E-state index in [1.807, 2.05) is 0 Å². The van der Waals surface area contributed by atoms with E-state index in [1.165, 1.54) is 19.3 Å². The molecule has 0 unspecified atom stereocenters. The van der Waals surface area contributed by atoms with Gasteiger partial charge in [0.2, 0.25) is 0 Å². The zero-order chi connectivity index (χ0) is 16.1. The van der Waals surface area contributed by atoms with Crippen LogP contribution in [0.3, 0.4) is 0 Å². The topological polar surface area (TPSA) is 29.5 Å². The quantitative estimate of drug-likeness (QED) is 0.549. The van der Waals surface area contributed by atoms with E-state index in [-0.39, 0.29) is 11.9 Å². The van der Waals surface area contributed by atoms with Gasteiger partial charge in [0.05, 0.1) is 5.92 Å². The molecule has 2 aliphatic carbocycles. The summed E-state index contributed by atoms with van der Waals surface area (Å²) < 4.78 is 5.80. The van der Waals surface area contributed by atoms with Crippen molar-refractivity contribution in [1.29, 1.82) is 0 Å². The summed E-state index contributed by atoms with van der Waals surface area (Å²) in [5, 5.41) is 0. The van der Waals surface area contributed by atoms with Crippen molar-refractivity contribution in [3.8, 4) is 0 Å². The average Bonchev–Trinajstić information content (AvgIpc) is 3.27. The lowest BCUT2D eigenvalue weighted by Crippen LogP contribution is -2.37. The SMILES string of the molecule is C[C@@H](COC(=O)[C@@H]([C@H]1C=CCC1)[C@H]1C=CCCC1)N1CCCC1. The summed E-state index contributed by atoms with van der Waals surface area (Å²) >= 11 is 0. The summed E-state index contributed by atoms with van der Waals surface area (Å²) in [6, 6.07) is 0.350. The van der Waals surface area contributed by atoms with Crippen LogP contribution in [0.25, 0.3) is 0 Å². The molecule has 0 saturated carbocycles. The molecule has 3 rings (SSSR count). The van der Waals surface area contributed by atoms with Crippen molar-refractivity contribution < 1.29 is 9.53 Å². The Morgan fingerprint density at radius 2 is 1.78 bits per heavy atom. The smallest absolute Gasteiger partial charge is 0.310 e. The third-order valence-electron chi connectivity index (χ3n) is 5.77. The summed E-state index contributed by atoms with van der Waals surface area (Å²) in [6.45, 7) is 5.03. The lowest BCUT2D eigenvalue weighted by Gasteiger charge is -2.30. The normalized spacial score (nSPS) is 30.5. The third kappa shape index (κ3) is 4.26. The molecule has 1 heterocycles. The molecule has 4 atom stereocenters. The van der Waals surface area contributed by atoms with Crippen molar-refractivity contribution in [2.24, 2.45) is 17.8 Å². The van der Waals surface area contributed by atoms with Gasteiger partial charge in [-0.3, -0.25) is 9.69 Å². The second-order valence-corrected chi connectivity index (χ2v) is 7.44. The minimum Gasteiger partial charge on any atom is -0.464 e. The first-order valence-electron chi connectivity index (χ1n) is 9.49. The van der Waals surface area contributed by atoms with Crippen molar-refractivity contribution in [3.63, 3.8) is 0 Å². The Morgan fingerprint density at radius 3 is 2.43 bits per heavy atom. The van der Waals surface area contributed by atoms with E-state index >= 15 is 0 Å². The van der Waals surface area contributed by atoms with Crippen LogP contribution in [0, 0.1) is 17.8 Å². The van der Waals surface area contributed by atoms with Crippen LogP contribution < -0.4 is 0 Å². The van der Waals surface area contributed by atoms with Crippen molar-refractivity contribution in [2.75, 3.05) is 19.7 Å². The highest BCUT2D eigenvalue weighted by molar-refractivity contribution is 5.74. The number of rotatable bonds is 6. The van der Waals surface area contributed by atoms with E-state index in [2.05, 4.69) is 36.1 Å². The average molecular weight is 317 g/mol. The molecule has 0 aromatic carbocycles. The Bertz CT molecular complexity index is 451. The minimum absolute atomic E-state index is 0.0241. The first-order valence-corrected chi connectivity index (χ1v) is 9.49. The van der Waals surface area contributed by atoms with Gasteiger partial charge in [-0.1, -0.05) is 24.3 Å². The first kappa shape index (κ1) is 16.8.